The quantitative estimate of drug-likeness (QED) is 0.723. The summed E-state index contributed by atoms with van der Waals surface area (Å²) in [6, 6.07) is 10.7. The number of nitrogens with one attached hydrogen (secondary N) is 1. The molecule has 3 heterocycles. The molecule has 32 heavy (non-hydrogen) atoms. The molecule has 2 aromatic rings. The predicted octanol–water partition coefficient (Wildman–Crippen LogP) is 3.33. The maximum atomic E-state index is 13.3. The van der Waals surface area contributed by atoms with E-state index in [9.17, 15) is 9.59 Å². The number of hydrogen-bond donors (Lipinski definition) is 1. The zero-order chi connectivity index (χ0) is 22.5. The number of rotatable bonds is 7. The van der Waals surface area contributed by atoms with Crippen molar-refractivity contribution < 1.29 is 9.59 Å². The van der Waals surface area contributed by atoms with Gasteiger partial charge in [0.25, 0.3) is 0 Å². The molecule has 4 rings (SSSR count). The van der Waals surface area contributed by atoms with Crippen molar-refractivity contribution in [2.45, 2.75) is 26.7 Å². The summed E-state index contributed by atoms with van der Waals surface area (Å²) in [5.41, 5.74) is 1.91. The number of para-hydroxylation sites is 1. The number of hydrogen-bond acceptors (Lipinski definition) is 5. The Kier molecular flexibility index (Phi) is 7.17. The Morgan fingerprint density at radius 1 is 1.19 bits per heavy atom. The topological polar surface area (TPSA) is 68.8 Å². The molecule has 1 atom stereocenters. The van der Waals surface area contributed by atoms with Crippen molar-refractivity contribution >= 4 is 23.3 Å². The van der Waals surface area contributed by atoms with Gasteiger partial charge >= 0.3 is 6.03 Å². The fourth-order valence-electron chi connectivity index (χ4n) is 4.77. The number of amides is 2. The summed E-state index contributed by atoms with van der Waals surface area (Å²) >= 11 is 0. The van der Waals surface area contributed by atoms with Crippen LogP contribution in [0.5, 0.6) is 0 Å². The van der Waals surface area contributed by atoms with Crippen LogP contribution in [0.1, 0.15) is 36.2 Å². The van der Waals surface area contributed by atoms with Gasteiger partial charge in [-0.25, -0.2) is 14.7 Å². The fraction of sp³-hybridized carbons (Fsp3) is 0.480. The van der Waals surface area contributed by atoms with Gasteiger partial charge < -0.3 is 15.1 Å². The molecule has 1 unspecified atom stereocenters. The molecule has 7 heteroatoms. The van der Waals surface area contributed by atoms with Gasteiger partial charge in [-0.3, -0.25) is 4.79 Å². The summed E-state index contributed by atoms with van der Waals surface area (Å²) in [5.74, 6) is 1.23. The zero-order valence-electron chi connectivity index (χ0n) is 19.1. The van der Waals surface area contributed by atoms with E-state index in [1.165, 1.54) is 6.42 Å². The summed E-state index contributed by atoms with van der Waals surface area (Å²) in [6.45, 7) is 11.3. The Hall–Kier alpha value is -2.77. The fourth-order valence-corrected chi connectivity index (χ4v) is 4.77. The lowest BCUT2D eigenvalue weighted by Gasteiger charge is -2.25. The normalized spacial score (nSPS) is 18.4. The summed E-state index contributed by atoms with van der Waals surface area (Å²) in [7, 11) is 0. The van der Waals surface area contributed by atoms with Crippen LogP contribution < -0.4 is 10.2 Å². The number of carbonyl (C=O) groups excluding carboxylic acids is 2. The number of carbonyl (C=O) groups is 2. The molecule has 1 aromatic heterocycles. The van der Waals surface area contributed by atoms with Gasteiger partial charge in [0.2, 0.25) is 0 Å². The van der Waals surface area contributed by atoms with Crippen LogP contribution in [-0.2, 0) is 6.42 Å². The second-order valence-electron chi connectivity index (χ2n) is 8.61. The zero-order valence-corrected chi connectivity index (χ0v) is 19.1. The lowest BCUT2D eigenvalue weighted by Crippen LogP contribution is -2.41. The largest absolute Gasteiger partial charge is 0.336 e. The van der Waals surface area contributed by atoms with Crippen molar-refractivity contribution in [3.63, 3.8) is 0 Å². The van der Waals surface area contributed by atoms with Crippen LogP contribution in [0.2, 0.25) is 0 Å². The molecule has 0 saturated carbocycles. The molecule has 1 fully saturated rings. The van der Waals surface area contributed by atoms with Gasteiger partial charge in [-0.15, -0.1) is 0 Å². The lowest BCUT2D eigenvalue weighted by molar-refractivity contribution is 0.0994. The molecule has 0 bridgehead atoms. The number of urea groups is 1. The SMILES string of the molecule is CCN(CC)CC1CCN(CCNC(=O)N2c3ccccc3C(=O)Cc3cccnc32)C1. The van der Waals surface area contributed by atoms with E-state index < -0.39 is 0 Å². The second kappa shape index (κ2) is 10.2. The van der Waals surface area contributed by atoms with E-state index in [1.807, 2.05) is 24.3 Å². The average molecular weight is 436 g/mol. The maximum Gasteiger partial charge on any atom is 0.327 e. The van der Waals surface area contributed by atoms with Crippen LogP contribution in [0.25, 0.3) is 0 Å². The number of benzene rings is 1. The standard InChI is InChI=1S/C25H33N5O2/c1-3-28(4-2)17-19-11-14-29(18-19)15-13-27-25(32)30-22-10-6-5-9-21(22)23(31)16-20-8-7-12-26-24(20)30/h5-10,12,19H,3-4,11,13-18H2,1-2H3,(H,27,32). The van der Waals surface area contributed by atoms with Crippen molar-refractivity contribution in [3.8, 4) is 0 Å². The minimum absolute atomic E-state index is 0.00135. The molecular weight excluding hydrogens is 402 g/mol. The van der Waals surface area contributed by atoms with Crippen LogP contribution in [0.4, 0.5) is 16.3 Å². The second-order valence-corrected chi connectivity index (χ2v) is 8.61. The lowest BCUT2D eigenvalue weighted by atomic mass is 10.0. The first-order valence-electron chi connectivity index (χ1n) is 11.7. The molecule has 2 aliphatic heterocycles. The van der Waals surface area contributed by atoms with Crippen LogP contribution in [0.15, 0.2) is 42.6 Å². The number of Topliss-reactive ketones (excluding diaryl/α,β-unsaturated/α-hetero) is 1. The van der Waals surface area contributed by atoms with Gasteiger partial charge in [0.1, 0.15) is 5.82 Å². The Morgan fingerprint density at radius 2 is 2.00 bits per heavy atom. The number of nitrogens with zero attached hydrogens (tertiary/aromatic N) is 4. The molecule has 170 valence electrons. The molecule has 0 radical (unpaired) electrons. The third-order valence-corrected chi connectivity index (χ3v) is 6.56. The van der Waals surface area contributed by atoms with Crippen molar-refractivity contribution in [1.29, 1.82) is 0 Å². The molecule has 0 aliphatic carbocycles. The van der Waals surface area contributed by atoms with Crippen LogP contribution in [0, 0.1) is 5.92 Å². The van der Waals surface area contributed by atoms with Crippen molar-refractivity contribution in [3.05, 3.63) is 53.7 Å². The predicted molar refractivity (Wildman–Crippen MR) is 127 cm³/mol. The van der Waals surface area contributed by atoms with Gasteiger partial charge in [-0.1, -0.05) is 32.0 Å². The van der Waals surface area contributed by atoms with Crippen LogP contribution >= 0.6 is 0 Å². The number of fused-ring (bicyclic) bond motifs is 2. The Morgan fingerprint density at radius 3 is 2.81 bits per heavy atom. The van der Waals surface area contributed by atoms with Gasteiger partial charge in [-0.2, -0.15) is 0 Å². The first-order chi connectivity index (χ1) is 15.6. The first-order valence-corrected chi connectivity index (χ1v) is 11.7. The van der Waals surface area contributed by atoms with Crippen LogP contribution in [0.3, 0.4) is 0 Å². The first kappa shape index (κ1) is 22.4. The highest BCUT2D eigenvalue weighted by molar-refractivity contribution is 6.11. The Balaban J connectivity index is 1.41. The van der Waals surface area contributed by atoms with Crippen LogP contribution in [-0.4, -0.2) is 72.4 Å². The average Bonchev–Trinajstić information content (AvgIpc) is 3.21. The molecular formula is C25H33N5O2. The van der Waals surface area contributed by atoms with Gasteiger partial charge in [-0.05, 0) is 50.2 Å². The minimum Gasteiger partial charge on any atom is -0.336 e. The number of aromatic nitrogens is 1. The molecule has 1 aromatic carbocycles. The van der Waals surface area contributed by atoms with E-state index in [4.69, 9.17) is 0 Å². The van der Waals surface area contributed by atoms with E-state index in [0.717, 1.165) is 44.8 Å². The highest BCUT2D eigenvalue weighted by Gasteiger charge is 2.30. The van der Waals surface area contributed by atoms with Gasteiger partial charge in [0.15, 0.2) is 5.78 Å². The highest BCUT2D eigenvalue weighted by Crippen LogP contribution is 2.34. The number of anilines is 2. The molecule has 1 N–H and O–H groups in total. The Labute approximate surface area is 190 Å². The van der Waals surface area contributed by atoms with Crippen molar-refractivity contribution in [2.75, 3.05) is 50.7 Å². The summed E-state index contributed by atoms with van der Waals surface area (Å²) in [5, 5.41) is 3.07. The third kappa shape index (κ3) is 4.84. The highest BCUT2D eigenvalue weighted by atomic mass is 16.2. The Bertz CT molecular complexity index is 959. The van der Waals surface area contributed by atoms with E-state index in [0.29, 0.717) is 29.5 Å². The summed E-state index contributed by atoms with van der Waals surface area (Å²) in [4.78, 5) is 37.0. The number of pyridine rings is 1. The van der Waals surface area contributed by atoms with Crippen molar-refractivity contribution in [2.24, 2.45) is 5.92 Å². The molecule has 1 saturated heterocycles. The molecule has 2 amide bonds. The van der Waals surface area contributed by atoms with E-state index >= 15 is 0 Å². The van der Waals surface area contributed by atoms with Crippen molar-refractivity contribution in [1.82, 2.24) is 20.1 Å². The minimum atomic E-state index is -0.244. The number of ketones is 1. The number of likely N-dealkylation sites (tertiary alicyclic amines) is 1. The molecule has 0 spiro atoms. The maximum absolute atomic E-state index is 13.3. The third-order valence-electron chi connectivity index (χ3n) is 6.56. The summed E-state index contributed by atoms with van der Waals surface area (Å²) in [6.07, 6.45) is 3.12. The smallest absolute Gasteiger partial charge is 0.327 e. The van der Waals surface area contributed by atoms with Gasteiger partial charge in [0, 0.05) is 49.9 Å². The molecule has 7 nitrogen and oxygen atoms in total. The summed E-state index contributed by atoms with van der Waals surface area (Å²) < 4.78 is 0. The monoisotopic (exact) mass is 435 g/mol. The van der Waals surface area contributed by atoms with E-state index in [1.54, 1.807) is 23.2 Å². The van der Waals surface area contributed by atoms with E-state index in [-0.39, 0.29) is 18.2 Å². The van der Waals surface area contributed by atoms with E-state index in [2.05, 4.69) is 33.9 Å². The van der Waals surface area contributed by atoms with Gasteiger partial charge in [0.05, 0.1) is 5.69 Å². The molecule has 2 aliphatic rings.